The second-order valence-corrected chi connectivity index (χ2v) is 3.30. The number of hydrogen-bond donors (Lipinski definition) is 0. The predicted molar refractivity (Wildman–Crippen MR) is 48.0 cm³/mol. The molecule has 0 aliphatic carbocycles. The van der Waals surface area contributed by atoms with Crippen molar-refractivity contribution in [3.8, 4) is 0 Å². The molecule has 0 radical (unpaired) electrons. The summed E-state index contributed by atoms with van der Waals surface area (Å²) < 4.78 is 5.19. The number of ketones is 1. The molecule has 1 fully saturated rings. The van der Waals surface area contributed by atoms with Crippen LogP contribution in [0.5, 0.6) is 0 Å². The fourth-order valence-corrected chi connectivity index (χ4v) is 1.43. The number of hydrogen-bond acceptors (Lipinski definition) is 2. The van der Waals surface area contributed by atoms with Crippen LogP contribution in [0.15, 0.2) is 12.7 Å². The summed E-state index contributed by atoms with van der Waals surface area (Å²) in [5, 5.41) is 0. The molecule has 1 aliphatic rings. The van der Waals surface area contributed by atoms with Gasteiger partial charge >= 0.3 is 0 Å². The topological polar surface area (TPSA) is 26.3 Å². The molecule has 0 amide bonds. The molecule has 1 rings (SSSR count). The Balaban J connectivity index is 2.11. The van der Waals surface area contributed by atoms with E-state index in [0.29, 0.717) is 24.5 Å². The number of allylic oxidation sites excluding steroid dienone is 1. The fourth-order valence-electron chi connectivity index (χ4n) is 1.43. The Kier molecular flexibility index (Phi) is 4.01. The Morgan fingerprint density at radius 3 is 3.08 bits per heavy atom. The highest BCUT2D eigenvalue weighted by Gasteiger charge is 2.18. The van der Waals surface area contributed by atoms with Gasteiger partial charge < -0.3 is 4.74 Å². The van der Waals surface area contributed by atoms with Crippen molar-refractivity contribution in [2.45, 2.75) is 25.7 Å². The molecule has 0 aromatic rings. The Labute approximate surface area is 73.6 Å². The predicted octanol–water partition coefficient (Wildman–Crippen LogP) is 1.95. The first-order valence-corrected chi connectivity index (χ1v) is 4.53. The highest BCUT2D eigenvalue weighted by atomic mass is 16.5. The first kappa shape index (κ1) is 9.46. The standard InChI is InChI=1S/C10H16O2/c1-2-3-4-10(11)7-9-5-6-12-8-9/h2,9H,1,3-8H2. The van der Waals surface area contributed by atoms with E-state index in [1.807, 2.05) is 0 Å². The Morgan fingerprint density at radius 1 is 1.67 bits per heavy atom. The first-order valence-electron chi connectivity index (χ1n) is 4.53. The molecule has 0 aromatic heterocycles. The van der Waals surface area contributed by atoms with E-state index in [2.05, 4.69) is 6.58 Å². The molecule has 1 heterocycles. The van der Waals surface area contributed by atoms with Gasteiger partial charge in [0.15, 0.2) is 0 Å². The average Bonchev–Trinajstić information content (AvgIpc) is 2.53. The van der Waals surface area contributed by atoms with Crippen molar-refractivity contribution >= 4 is 5.78 Å². The number of Topliss-reactive ketones (excluding diaryl/α,β-unsaturated/α-hetero) is 1. The number of carbonyl (C=O) groups is 1. The molecular weight excluding hydrogens is 152 g/mol. The van der Waals surface area contributed by atoms with Crippen LogP contribution in [0.1, 0.15) is 25.7 Å². The van der Waals surface area contributed by atoms with Crippen LogP contribution in [0.3, 0.4) is 0 Å². The Bertz CT molecular complexity index is 157. The van der Waals surface area contributed by atoms with Crippen molar-refractivity contribution in [2.24, 2.45) is 5.92 Å². The number of carbonyl (C=O) groups excluding carboxylic acids is 1. The van der Waals surface area contributed by atoms with Gasteiger partial charge in [0.05, 0.1) is 0 Å². The summed E-state index contributed by atoms with van der Waals surface area (Å²) in [6.07, 6.45) is 5.02. The van der Waals surface area contributed by atoms with Crippen LogP contribution in [0, 0.1) is 5.92 Å². The monoisotopic (exact) mass is 168 g/mol. The third-order valence-corrected chi connectivity index (χ3v) is 2.17. The summed E-state index contributed by atoms with van der Waals surface area (Å²) in [5.41, 5.74) is 0. The second kappa shape index (κ2) is 5.09. The van der Waals surface area contributed by atoms with Crippen molar-refractivity contribution < 1.29 is 9.53 Å². The molecule has 68 valence electrons. The van der Waals surface area contributed by atoms with E-state index in [4.69, 9.17) is 4.74 Å². The van der Waals surface area contributed by atoms with E-state index >= 15 is 0 Å². The van der Waals surface area contributed by atoms with Crippen molar-refractivity contribution in [1.82, 2.24) is 0 Å². The highest BCUT2D eigenvalue weighted by Crippen LogP contribution is 2.17. The van der Waals surface area contributed by atoms with E-state index in [9.17, 15) is 4.79 Å². The van der Waals surface area contributed by atoms with Crippen molar-refractivity contribution in [3.63, 3.8) is 0 Å². The van der Waals surface area contributed by atoms with Gasteiger partial charge in [-0.25, -0.2) is 0 Å². The van der Waals surface area contributed by atoms with Crippen LogP contribution >= 0.6 is 0 Å². The molecular formula is C10H16O2. The van der Waals surface area contributed by atoms with Gasteiger partial charge in [-0.3, -0.25) is 4.79 Å². The molecule has 2 nitrogen and oxygen atoms in total. The highest BCUT2D eigenvalue weighted by molar-refractivity contribution is 5.78. The van der Waals surface area contributed by atoms with Crippen LogP contribution in [0.25, 0.3) is 0 Å². The Hall–Kier alpha value is -0.630. The zero-order valence-electron chi connectivity index (χ0n) is 7.42. The summed E-state index contributed by atoms with van der Waals surface area (Å²) in [7, 11) is 0. The van der Waals surface area contributed by atoms with Gasteiger partial charge in [0.1, 0.15) is 5.78 Å². The van der Waals surface area contributed by atoms with Gasteiger partial charge in [0.25, 0.3) is 0 Å². The molecule has 1 aliphatic heterocycles. The SMILES string of the molecule is C=CCCC(=O)CC1CCOC1. The van der Waals surface area contributed by atoms with Gasteiger partial charge in [-0.15, -0.1) is 6.58 Å². The van der Waals surface area contributed by atoms with Crippen LogP contribution < -0.4 is 0 Å². The molecule has 1 unspecified atom stereocenters. The van der Waals surface area contributed by atoms with E-state index in [1.165, 1.54) is 0 Å². The van der Waals surface area contributed by atoms with Gasteiger partial charge in [0.2, 0.25) is 0 Å². The maximum absolute atomic E-state index is 11.3. The van der Waals surface area contributed by atoms with Crippen molar-refractivity contribution in [1.29, 1.82) is 0 Å². The third kappa shape index (κ3) is 3.18. The molecule has 0 N–H and O–H groups in total. The molecule has 1 saturated heterocycles. The number of ether oxygens (including phenoxy) is 1. The van der Waals surface area contributed by atoms with Gasteiger partial charge in [-0.05, 0) is 18.8 Å². The quantitative estimate of drug-likeness (QED) is 0.586. The largest absolute Gasteiger partial charge is 0.381 e. The normalized spacial score (nSPS) is 22.5. The van der Waals surface area contributed by atoms with Crippen LogP contribution in [0.2, 0.25) is 0 Å². The van der Waals surface area contributed by atoms with Gasteiger partial charge in [0, 0.05) is 26.1 Å². The maximum Gasteiger partial charge on any atom is 0.133 e. The third-order valence-electron chi connectivity index (χ3n) is 2.17. The summed E-state index contributed by atoms with van der Waals surface area (Å²) in [6, 6.07) is 0. The average molecular weight is 168 g/mol. The molecule has 1 atom stereocenters. The second-order valence-electron chi connectivity index (χ2n) is 3.30. The van der Waals surface area contributed by atoms with Crippen molar-refractivity contribution in [2.75, 3.05) is 13.2 Å². The fraction of sp³-hybridized carbons (Fsp3) is 0.700. The molecule has 2 heteroatoms. The first-order chi connectivity index (χ1) is 5.83. The summed E-state index contributed by atoms with van der Waals surface area (Å²) in [6.45, 7) is 5.20. The zero-order valence-corrected chi connectivity index (χ0v) is 7.42. The number of rotatable bonds is 5. The summed E-state index contributed by atoms with van der Waals surface area (Å²) in [4.78, 5) is 11.3. The minimum Gasteiger partial charge on any atom is -0.381 e. The maximum atomic E-state index is 11.3. The Morgan fingerprint density at radius 2 is 2.50 bits per heavy atom. The molecule has 0 spiro atoms. The van der Waals surface area contributed by atoms with Gasteiger partial charge in [-0.1, -0.05) is 6.08 Å². The molecule has 0 aromatic carbocycles. The minimum absolute atomic E-state index is 0.352. The molecule has 0 saturated carbocycles. The van der Waals surface area contributed by atoms with E-state index < -0.39 is 0 Å². The van der Waals surface area contributed by atoms with Crippen LogP contribution in [-0.4, -0.2) is 19.0 Å². The van der Waals surface area contributed by atoms with Crippen LogP contribution in [0.4, 0.5) is 0 Å². The van der Waals surface area contributed by atoms with Crippen molar-refractivity contribution in [3.05, 3.63) is 12.7 Å². The minimum atomic E-state index is 0.352. The lowest BCUT2D eigenvalue weighted by atomic mass is 10.00. The summed E-state index contributed by atoms with van der Waals surface area (Å²) in [5.74, 6) is 0.840. The van der Waals surface area contributed by atoms with E-state index in [0.717, 1.165) is 26.1 Å². The summed E-state index contributed by atoms with van der Waals surface area (Å²) >= 11 is 0. The van der Waals surface area contributed by atoms with E-state index in [1.54, 1.807) is 6.08 Å². The smallest absolute Gasteiger partial charge is 0.133 e. The lowest BCUT2D eigenvalue weighted by molar-refractivity contribution is -0.119. The molecule has 0 bridgehead atoms. The lowest BCUT2D eigenvalue weighted by Gasteiger charge is -2.04. The van der Waals surface area contributed by atoms with Crippen LogP contribution in [-0.2, 0) is 9.53 Å². The molecule has 12 heavy (non-hydrogen) atoms. The zero-order chi connectivity index (χ0) is 8.81. The van der Waals surface area contributed by atoms with Gasteiger partial charge in [-0.2, -0.15) is 0 Å². The van der Waals surface area contributed by atoms with E-state index in [-0.39, 0.29) is 0 Å². The lowest BCUT2D eigenvalue weighted by Crippen LogP contribution is -2.07.